The van der Waals surface area contributed by atoms with E-state index in [1.165, 1.54) is 32.7 Å². The third-order valence-corrected chi connectivity index (χ3v) is 3.26. The number of nitrogens with zero attached hydrogens (tertiary/aromatic N) is 2. The number of aliphatic hydroxyl groups is 1. The van der Waals surface area contributed by atoms with Gasteiger partial charge in [-0.1, -0.05) is 13.8 Å². The van der Waals surface area contributed by atoms with Crippen molar-refractivity contribution in [2.75, 3.05) is 45.9 Å². The molecule has 0 aromatic heterocycles. The maximum absolute atomic E-state index is 9.12. The van der Waals surface area contributed by atoms with Crippen LogP contribution in [0.4, 0.5) is 0 Å². The molecule has 0 aliphatic carbocycles. The highest BCUT2D eigenvalue weighted by atomic mass is 16.3. The lowest BCUT2D eigenvalue weighted by Crippen LogP contribution is -2.47. The van der Waals surface area contributed by atoms with Crippen LogP contribution in [0.3, 0.4) is 0 Å². The number of hydrogen-bond acceptors (Lipinski definition) is 3. The number of likely N-dealkylation sites (N-methyl/N-ethyl adjacent to an activating group) is 1. The average Bonchev–Trinajstić information content (AvgIpc) is 2.26. The van der Waals surface area contributed by atoms with Crippen LogP contribution in [0.5, 0.6) is 0 Å². The van der Waals surface area contributed by atoms with Crippen LogP contribution in [-0.4, -0.2) is 60.8 Å². The summed E-state index contributed by atoms with van der Waals surface area (Å²) in [6, 6.07) is 0. The van der Waals surface area contributed by atoms with Gasteiger partial charge in [0.05, 0.1) is 0 Å². The minimum absolute atomic E-state index is 0.338. The van der Waals surface area contributed by atoms with E-state index in [9.17, 15) is 0 Å². The van der Waals surface area contributed by atoms with E-state index in [4.69, 9.17) is 5.11 Å². The smallest absolute Gasteiger partial charge is 0.0471 e. The zero-order chi connectivity index (χ0) is 10.4. The van der Waals surface area contributed by atoms with Crippen LogP contribution < -0.4 is 0 Å². The second-order valence-corrected chi connectivity index (χ2v) is 4.19. The van der Waals surface area contributed by atoms with Crippen LogP contribution in [0.15, 0.2) is 0 Å². The van der Waals surface area contributed by atoms with E-state index in [0.29, 0.717) is 12.5 Å². The van der Waals surface area contributed by atoms with E-state index in [0.717, 1.165) is 13.0 Å². The van der Waals surface area contributed by atoms with Gasteiger partial charge in [0.15, 0.2) is 0 Å². The van der Waals surface area contributed by atoms with E-state index in [2.05, 4.69) is 23.6 Å². The van der Waals surface area contributed by atoms with E-state index >= 15 is 0 Å². The Morgan fingerprint density at radius 1 is 1.07 bits per heavy atom. The topological polar surface area (TPSA) is 26.7 Å². The highest BCUT2D eigenvalue weighted by molar-refractivity contribution is 4.73. The largest absolute Gasteiger partial charge is 0.396 e. The molecule has 1 aliphatic heterocycles. The molecule has 3 heteroatoms. The van der Waals surface area contributed by atoms with Crippen molar-refractivity contribution < 1.29 is 5.11 Å². The molecule has 3 nitrogen and oxygen atoms in total. The molecule has 0 radical (unpaired) electrons. The molecular formula is C11H24N2O. The molecule has 1 aliphatic rings. The highest BCUT2D eigenvalue weighted by Crippen LogP contribution is 2.07. The summed E-state index contributed by atoms with van der Waals surface area (Å²) >= 11 is 0. The predicted octanol–water partition coefficient (Wildman–Crippen LogP) is 0.642. The fourth-order valence-electron chi connectivity index (χ4n) is 1.97. The van der Waals surface area contributed by atoms with Crippen LogP contribution in [0.1, 0.15) is 20.3 Å². The van der Waals surface area contributed by atoms with Crippen molar-refractivity contribution in [1.29, 1.82) is 0 Å². The highest BCUT2D eigenvalue weighted by Gasteiger charge is 2.17. The first-order valence-electron chi connectivity index (χ1n) is 5.85. The zero-order valence-corrected chi connectivity index (χ0v) is 9.58. The Hall–Kier alpha value is -0.120. The molecular weight excluding hydrogens is 176 g/mol. The molecule has 84 valence electrons. The number of hydrogen-bond donors (Lipinski definition) is 1. The second-order valence-electron chi connectivity index (χ2n) is 4.19. The van der Waals surface area contributed by atoms with Crippen LogP contribution in [0, 0.1) is 5.92 Å². The van der Waals surface area contributed by atoms with Gasteiger partial charge in [-0.3, -0.25) is 0 Å². The Kier molecular flexibility index (Phi) is 5.45. The Labute approximate surface area is 87.7 Å². The van der Waals surface area contributed by atoms with E-state index in [1.54, 1.807) is 0 Å². The summed E-state index contributed by atoms with van der Waals surface area (Å²) in [7, 11) is 0. The standard InChI is InChI=1S/C11H24N2O/c1-3-11(10-14)9-13-7-5-12(4-2)6-8-13/h11,14H,3-10H2,1-2H3. The van der Waals surface area contributed by atoms with Crippen LogP contribution in [-0.2, 0) is 0 Å². The van der Waals surface area contributed by atoms with Gasteiger partial charge in [-0.2, -0.15) is 0 Å². The minimum Gasteiger partial charge on any atom is -0.396 e. The van der Waals surface area contributed by atoms with Crippen molar-refractivity contribution in [1.82, 2.24) is 9.80 Å². The van der Waals surface area contributed by atoms with Crippen molar-refractivity contribution in [3.63, 3.8) is 0 Å². The molecule has 1 unspecified atom stereocenters. The minimum atomic E-state index is 0.338. The lowest BCUT2D eigenvalue weighted by molar-refractivity contribution is 0.102. The maximum atomic E-state index is 9.12. The average molecular weight is 200 g/mol. The zero-order valence-electron chi connectivity index (χ0n) is 9.58. The predicted molar refractivity (Wildman–Crippen MR) is 59.4 cm³/mol. The van der Waals surface area contributed by atoms with Gasteiger partial charge >= 0.3 is 0 Å². The van der Waals surface area contributed by atoms with Gasteiger partial charge < -0.3 is 14.9 Å². The second kappa shape index (κ2) is 6.38. The van der Waals surface area contributed by atoms with Gasteiger partial charge in [0.25, 0.3) is 0 Å². The Balaban J connectivity index is 2.21. The Bertz CT molecular complexity index is 140. The van der Waals surface area contributed by atoms with Gasteiger partial charge in [0.2, 0.25) is 0 Å². The summed E-state index contributed by atoms with van der Waals surface area (Å²) in [5.74, 6) is 0.475. The summed E-state index contributed by atoms with van der Waals surface area (Å²) in [5, 5.41) is 9.12. The molecule has 1 atom stereocenters. The fraction of sp³-hybridized carbons (Fsp3) is 1.00. The van der Waals surface area contributed by atoms with Crippen molar-refractivity contribution >= 4 is 0 Å². The van der Waals surface area contributed by atoms with E-state index in [-0.39, 0.29) is 0 Å². The van der Waals surface area contributed by atoms with Gasteiger partial charge in [-0.15, -0.1) is 0 Å². The Morgan fingerprint density at radius 2 is 1.64 bits per heavy atom. The molecule has 1 fully saturated rings. The van der Waals surface area contributed by atoms with Crippen LogP contribution in [0.25, 0.3) is 0 Å². The first kappa shape index (κ1) is 12.0. The van der Waals surface area contributed by atoms with Crippen molar-refractivity contribution in [3.05, 3.63) is 0 Å². The lowest BCUT2D eigenvalue weighted by atomic mass is 10.1. The molecule has 14 heavy (non-hydrogen) atoms. The fourth-order valence-corrected chi connectivity index (χ4v) is 1.97. The quantitative estimate of drug-likeness (QED) is 0.705. The summed E-state index contributed by atoms with van der Waals surface area (Å²) in [6.45, 7) is 11.7. The summed E-state index contributed by atoms with van der Waals surface area (Å²) < 4.78 is 0. The van der Waals surface area contributed by atoms with Crippen molar-refractivity contribution in [3.8, 4) is 0 Å². The molecule has 1 rings (SSSR count). The SMILES string of the molecule is CCC(CO)CN1CCN(CC)CC1. The Morgan fingerprint density at radius 3 is 2.07 bits per heavy atom. The van der Waals surface area contributed by atoms with Gasteiger partial charge in [-0.05, 0) is 18.9 Å². The van der Waals surface area contributed by atoms with Gasteiger partial charge in [0.1, 0.15) is 0 Å². The molecule has 0 aromatic carbocycles. The maximum Gasteiger partial charge on any atom is 0.0471 e. The molecule has 0 saturated carbocycles. The van der Waals surface area contributed by atoms with Crippen molar-refractivity contribution in [2.45, 2.75) is 20.3 Å². The first-order valence-corrected chi connectivity index (χ1v) is 5.85. The number of rotatable bonds is 5. The summed E-state index contributed by atoms with van der Waals surface area (Å²) in [5.41, 5.74) is 0. The van der Waals surface area contributed by atoms with Gasteiger partial charge in [0, 0.05) is 39.3 Å². The van der Waals surface area contributed by atoms with Gasteiger partial charge in [-0.25, -0.2) is 0 Å². The molecule has 0 amide bonds. The van der Waals surface area contributed by atoms with Crippen molar-refractivity contribution in [2.24, 2.45) is 5.92 Å². The third-order valence-electron chi connectivity index (χ3n) is 3.26. The number of piperazine rings is 1. The molecule has 1 saturated heterocycles. The normalized spacial score (nSPS) is 22.5. The van der Waals surface area contributed by atoms with E-state index in [1.807, 2.05) is 0 Å². The van der Waals surface area contributed by atoms with E-state index < -0.39 is 0 Å². The molecule has 0 spiro atoms. The van der Waals surface area contributed by atoms with Crippen LogP contribution >= 0.6 is 0 Å². The monoisotopic (exact) mass is 200 g/mol. The molecule has 0 bridgehead atoms. The molecule has 0 aromatic rings. The summed E-state index contributed by atoms with van der Waals surface area (Å²) in [4.78, 5) is 4.97. The number of aliphatic hydroxyl groups excluding tert-OH is 1. The van der Waals surface area contributed by atoms with Crippen LogP contribution in [0.2, 0.25) is 0 Å². The molecule has 1 N–H and O–H groups in total. The first-order chi connectivity index (χ1) is 6.80. The third kappa shape index (κ3) is 3.56. The molecule has 1 heterocycles. The summed E-state index contributed by atoms with van der Waals surface area (Å²) in [6.07, 6.45) is 1.09. The lowest BCUT2D eigenvalue weighted by Gasteiger charge is -2.35.